The normalized spacial score (nSPS) is 9.93. The maximum absolute atomic E-state index is 10.3. The molecule has 0 radical (unpaired) electrons. The van der Waals surface area contributed by atoms with Crippen LogP contribution in [0.15, 0.2) is 6.07 Å². The fraction of sp³-hybridized carbons (Fsp3) is 0.143. The van der Waals surface area contributed by atoms with E-state index in [2.05, 4.69) is 50.2 Å². The van der Waals surface area contributed by atoms with Crippen molar-refractivity contribution in [1.82, 2.24) is 4.98 Å². The molecule has 0 saturated carbocycles. The minimum atomic E-state index is -0.991. The van der Waals surface area contributed by atoms with Crippen LogP contribution in [0.5, 0.6) is 5.75 Å². The van der Waals surface area contributed by atoms with E-state index in [1.54, 1.807) is 0 Å². The Balaban J connectivity index is 2.91. The van der Waals surface area contributed by atoms with Gasteiger partial charge < -0.3 is 9.84 Å². The van der Waals surface area contributed by atoms with Gasteiger partial charge in [-0.3, -0.25) is 0 Å². The van der Waals surface area contributed by atoms with Gasteiger partial charge in [-0.2, -0.15) is 0 Å². The van der Waals surface area contributed by atoms with E-state index >= 15 is 0 Å². The maximum Gasteiger partial charge on any atom is 0.341 e. The van der Waals surface area contributed by atoms with Crippen LogP contribution in [0.3, 0.4) is 0 Å². The molecule has 0 bridgehead atoms. The third kappa shape index (κ3) is 3.64. The van der Waals surface area contributed by atoms with Crippen LogP contribution >= 0.6 is 67.8 Å². The van der Waals surface area contributed by atoms with Crippen molar-refractivity contribution in [2.75, 3.05) is 6.61 Å². The molecule has 0 aliphatic rings. The summed E-state index contributed by atoms with van der Waals surface area (Å²) in [5.74, 6) is -0.454. The van der Waals surface area contributed by atoms with Crippen LogP contribution in [0, 0.1) is 11.0 Å². The fourth-order valence-corrected chi connectivity index (χ4v) is 4.25. The second kappa shape index (κ2) is 5.63. The van der Waals surface area contributed by atoms with E-state index in [1.165, 1.54) is 0 Å². The number of nitrogens with zero attached hydrogens (tertiary/aromatic N) is 1. The second-order valence-electron chi connectivity index (χ2n) is 2.23. The molecule has 0 aromatic carbocycles. The molecule has 1 heterocycles. The van der Waals surface area contributed by atoms with Crippen LogP contribution in [0.4, 0.5) is 0 Å². The summed E-state index contributed by atoms with van der Waals surface area (Å²) in [6, 6.07) is 1.83. The molecular formula is C7H4I3NO3. The molecule has 1 rings (SSSR count). The van der Waals surface area contributed by atoms with Crippen molar-refractivity contribution in [2.45, 2.75) is 0 Å². The molecule has 1 aromatic rings. The molecule has 0 spiro atoms. The molecule has 4 nitrogen and oxygen atoms in total. The van der Waals surface area contributed by atoms with Crippen molar-refractivity contribution in [3.05, 3.63) is 17.0 Å². The Morgan fingerprint density at radius 2 is 2.14 bits per heavy atom. The molecule has 0 fully saturated rings. The topological polar surface area (TPSA) is 59.4 Å². The predicted octanol–water partition coefficient (Wildman–Crippen LogP) is 2.36. The molecule has 0 amide bonds. The average molecular weight is 531 g/mol. The van der Waals surface area contributed by atoms with Gasteiger partial charge >= 0.3 is 5.97 Å². The van der Waals surface area contributed by atoms with E-state index < -0.39 is 5.97 Å². The SMILES string of the molecule is O=C(O)COc1c(I)cc(I)nc1I. The number of carbonyl (C=O) groups is 1. The first-order chi connectivity index (χ1) is 6.50. The van der Waals surface area contributed by atoms with Crippen LogP contribution in [0.25, 0.3) is 0 Å². The molecular weight excluding hydrogens is 527 g/mol. The summed E-state index contributed by atoms with van der Waals surface area (Å²) in [5, 5.41) is 8.46. The van der Waals surface area contributed by atoms with Gasteiger partial charge in [0.15, 0.2) is 12.4 Å². The zero-order valence-corrected chi connectivity index (χ0v) is 13.1. The van der Waals surface area contributed by atoms with Gasteiger partial charge in [-0.1, -0.05) is 0 Å². The molecule has 0 unspecified atom stereocenters. The van der Waals surface area contributed by atoms with Crippen LogP contribution in [0.2, 0.25) is 0 Å². The van der Waals surface area contributed by atoms with Gasteiger partial charge in [-0.25, -0.2) is 9.78 Å². The van der Waals surface area contributed by atoms with Crippen molar-refractivity contribution in [3.63, 3.8) is 0 Å². The first-order valence-electron chi connectivity index (χ1n) is 3.37. The Bertz CT molecular complexity index is 346. The predicted molar refractivity (Wildman–Crippen MR) is 75.5 cm³/mol. The average Bonchev–Trinajstić information content (AvgIpc) is 2.01. The smallest absolute Gasteiger partial charge is 0.341 e. The van der Waals surface area contributed by atoms with E-state index in [-0.39, 0.29) is 6.61 Å². The van der Waals surface area contributed by atoms with Crippen LogP contribution < -0.4 is 4.74 Å². The molecule has 1 aromatic heterocycles. The number of halogens is 3. The van der Waals surface area contributed by atoms with E-state index in [0.29, 0.717) is 9.45 Å². The van der Waals surface area contributed by atoms with Gasteiger partial charge in [-0.15, -0.1) is 0 Å². The molecule has 0 aliphatic carbocycles. The maximum atomic E-state index is 10.3. The molecule has 14 heavy (non-hydrogen) atoms. The monoisotopic (exact) mass is 531 g/mol. The number of ether oxygens (including phenoxy) is 1. The van der Waals surface area contributed by atoms with Gasteiger partial charge in [0.2, 0.25) is 0 Å². The Morgan fingerprint density at radius 3 is 2.64 bits per heavy atom. The lowest BCUT2D eigenvalue weighted by Crippen LogP contribution is -2.11. The van der Waals surface area contributed by atoms with Crippen molar-refractivity contribution < 1.29 is 14.6 Å². The Labute approximate surface area is 121 Å². The lowest BCUT2D eigenvalue weighted by atomic mass is 10.5. The van der Waals surface area contributed by atoms with Gasteiger partial charge in [0, 0.05) is 0 Å². The highest BCUT2D eigenvalue weighted by molar-refractivity contribution is 14.1. The summed E-state index contributed by atoms with van der Waals surface area (Å²) in [6.07, 6.45) is 0. The van der Waals surface area contributed by atoms with Crippen molar-refractivity contribution in [3.8, 4) is 5.75 Å². The Hall–Kier alpha value is 0.610. The lowest BCUT2D eigenvalue weighted by Gasteiger charge is -2.07. The van der Waals surface area contributed by atoms with Gasteiger partial charge in [-0.05, 0) is 73.8 Å². The number of carboxylic acid groups (broad SMARTS) is 1. The first kappa shape index (κ1) is 12.7. The summed E-state index contributed by atoms with van der Waals surface area (Å²) >= 11 is 6.21. The summed E-state index contributed by atoms with van der Waals surface area (Å²) < 4.78 is 7.51. The summed E-state index contributed by atoms with van der Waals surface area (Å²) in [7, 11) is 0. The summed E-state index contributed by atoms with van der Waals surface area (Å²) in [4.78, 5) is 14.5. The van der Waals surface area contributed by atoms with Crippen LogP contribution in [-0.2, 0) is 4.79 Å². The largest absolute Gasteiger partial charge is 0.479 e. The van der Waals surface area contributed by atoms with E-state index in [9.17, 15) is 4.79 Å². The number of hydrogen-bond acceptors (Lipinski definition) is 3. The number of pyridine rings is 1. The molecule has 7 heteroatoms. The number of aliphatic carboxylic acids is 1. The van der Waals surface area contributed by atoms with Gasteiger partial charge in [0.05, 0.1) is 3.57 Å². The number of rotatable bonds is 3. The molecule has 0 atom stereocenters. The van der Waals surface area contributed by atoms with E-state index in [1.807, 2.05) is 28.7 Å². The number of aromatic nitrogens is 1. The zero-order chi connectivity index (χ0) is 10.7. The van der Waals surface area contributed by atoms with Crippen molar-refractivity contribution in [1.29, 1.82) is 0 Å². The lowest BCUT2D eigenvalue weighted by molar-refractivity contribution is -0.139. The van der Waals surface area contributed by atoms with Crippen LogP contribution in [0.1, 0.15) is 0 Å². The minimum absolute atomic E-state index is 0.339. The fourth-order valence-electron chi connectivity index (χ4n) is 0.708. The second-order valence-corrected chi connectivity index (χ2v) is 5.52. The van der Waals surface area contributed by atoms with Crippen LogP contribution in [-0.4, -0.2) is 22.7 Å². The highest BCUT2D eigenvalue weighted by Gasteiger charge is 2.10. The molecule has 0 aliphatic heterocycles. The molecule has 0 saturated heterocycles. The first-order valence-corrected chi connectivity index (χ1v) is 6.60. The standard InChI is InChI=1S/C7H4I3NO3/c8-3-1-4(9)11-7(10)6(3)14-2-5(12)13/h1H,2H2,(H,12,13). The van der Waals surface area contributed by atoms with Gasteiger partial charge in [0.25, 0.3) is 0 Å². The highest BCUT2D eigenvalue weighted by Crippen LogP contribution is 2.26. The highest BCUT2D eigenvalue weighted by atomic mass is 127. The third-order valence-electron chi connectivity index (χ3n) is 1.20. The summed E-state index contributed by atoms with van der Waals surface area (Å²) in [6.45, 7) is -0.339. The van der Waals surface area contributed by atoms with Gasteiger partial charge in [0.1, 0.15) is 7.40 Å². The van der Waals surface area contributed by atoms with Crippen molar-refractivity contribution in [2.24, 2.45) is 0 Å². The zero-order valence-electron chi connectivity index (χ0n) is 6.63. The Kier molecular flexibility index (Phi) is 5.10. The Morgan fingerprint density at radius 1 is 1.50 bits per heavy atom. The quantitative estimate of drug-likeness (QED) is 0.482. The van der Waals surface area contributed by atoms with E-state index in [4.69, 9.17) is 9.84 Å². The molecule has 76 valence electrons. The van der Waals surface area contributed by atoms with Crippen molar-refractivity contribution >= 4 is 73.7 Å². The minimum Gasteiger partial charge on any atom is -0.479 e. The number of hydrogen-bond donors (Lipinski definition) is 1. The third-order valence-corrected chi connectivity index (χ3v) is 3.28. The number of carboxylic acids is 1. The van der Waals surface area contributed by atoms with E-state index in [0.717, 1.165) is 7.27 Å². The summed E-state index contributed by atoms with van der Waals surface area (Å²) in [5.41, 5.74) is 0. The molecule has 1 N–H and O–H groups in total.